The number of nitrogens with two attached hydrogens (primary N) is 1. The maximum atomic E-state index is 11.6. The van der Waals surface area contributed by atoms with Gasteiger partial charge in [0.1, 0.15) is 0 Å². The van der Waals surface area contributed by atoms with Crippen LogP contribution in [0, 0.1) is 0 Å². The van der Waals surface area contributed by atoms with Crippen LogP contribution in [0.4, 0.5) is 16.2 Å². The second-order valence-corrected chi connectivity index (χ2v) is 5.31. The van der Waals surface area contributed by atoms with Gasteiger partial charge in [-0.3, -0.25) is 5.32 Å². The van der Waals surface area contributed by atoms with Crippen molar-refractivity contribution in [3.8, 4) is 0 Å². The molecule has 0 unspecified atom stereocenters. The average molecular weight is 314 g/mol. The minimum atomic E-state index is -0.478. The summed E-state index contributed by atoms with van der Waals surface area (Å²) in [7, 11) is 0. The van der Waals surface area contributed by atoms with Crippen LogP contribution in [0.15, 0.2) is 48.5 Å². The van der Waals surface area contributed by atoms with Gasteiger partial charge < -0.3 is 15.6 Å². The molecule has 0 fully saturated rings. The Labute approximate surface area is 136 Å². The van der Waals surface area contributed by atoms with Crippen molar-refractivity contribution in [2.24, 2.45) is 0 Å². The minimum Gasteiger partial charge on any atom is -0.449 e. The molecule has 2 aromatic rings. The molecular weight excluding hydrogens is 292 g/mol. The third-order valence-corrected chi connectivity index (χ3v) is 3.37. The van der Waals surface area contributed by atoms with Crippen LogP contribution in [-0.4, -0.2) is 24.4 Å². The second kappa shape index (κ2) is 8.80. The van der Waals surface area contributed by atoms with E-state index in [9.17, 15) is 4.79 Å². The minimum absolute atomic E-state index is 0.112. The first kappa shape index (κ1) is 16.8. The molecule has 0 aliphatic rings. The molecule has 23 heavy (non-hydrogen) atoms. The van der Waals surface area contributed by atoms with Gasteiger partial charge in [0.05, 0.1) is 6.61 Å². The Morgan fingerprint density at radius 2 is 1.61 bits per heavy atom. The largest absolute Gasteiger partial charge is 0.449 e. The van der Waals surface area contributed by atoms with E-state index in [-0.39, 0.29) is 6.61 Å². The number of unbranched alkanes of at least 4 members (excludes halogenated alkanes) is 1. The zero-order chi connectivity index (χ0) is 16.5. The molecule has 0 saturated carbocycles. The number of ether oxygens (including phenoxy) is 1. The monoisotopic (exact) mass is 314 g/mol. The zero-order valence-corrected chi connectivity index (χ0v) is 13.0. The lowest BCUT2D eigenvalue weighted by molar-refractivity contribution is 0.155. The Balaban J connectivity index is 1.82. The number of carbonyl (C=O) groups is 1. The first-order chi connectivity index (χ1) is 11.2. The highest BCUT2D eigenvalue weighted by molar-refractivity contribution is 5.84. The van der Waals surface area contributed by atoms with E-state index in [0.717, 1.165) is 17.7 Å². The Kier molecular flexibility index (Phi) is 6.44. The molecule has 0 aliphatic heterocycles. The number of aliphatic hydroxyl groups is 1. The van der Waals surface area contributed by atoms with E-state index in [0.29, 0.717) is 25.1 Å². The first-order valence-electron chi connectivity index (χ1n) is 7.65. The van der Waals surface area contributed by atoms with Crippen LogP contribution in [0.2, 0.25) is 0 Å². The molecule has 1 amide bonds. The average Bonchev–Trinajstić information content (AvgIpc) is 2.56. The SMILES string of the molecule is Nc1ccc(Cc2ccc(NC(=O)OCCCCO)cc2)cc1. The Hall–Kier alpha value is -2.53. The number of aliphatic hydroxyl groups excluding tert-OH is 1. The van der Waals surface area contributed by atoms with Gasteiger partial charge in [-0.05, 0) is 54.7 Å². The standard InChI is InChI=1S/C18H22N2O3/c19-16-7-3-14(4-8-16)13-15-5-9-17(10-6-15)20-18(22)23-12-2-1-11-21/h3-10,21H,1-2,11-13,19H2,(H,20,22). The van der Waals surface area contributed by atoms with Crippen LogP contribution in [0.25, 0.3) is 0 Å². The van der Waals surface area contributed by atoms with E-state index in [1.54, 1.807) is 0 Å². The van der Waals surface area contributed by atoms with Gasteiger partial charge in [-0.2, -0.15) is 0 Å². The van der Waals surface area contributed by atoms with E-state index in [2.05, 4.69) is 5.32 Å². The second-order valence-electron chi connectivity index (χ2n) is 5.31. The fourth-order valence-electron chi connectivity index (χ4n) is 2.11. The third-order valence-electron chi connectivity index (χ3n) is 3.37. The van der Waals surface area contributed by atoms with Crippen LogP contribution in [-0.2, 0) is 11.2 Å². The zero-order valence-electron chi connectivity index (χ0n) is 13.0. The fraction of sp³-hybridized carbons (Fsp3) is 0.278. The van der Waals surface area contributed by atoms with Crippen molar-refractivity contribution in [1.82, 2.24) is 0 Å². The summed E-state index contributed by atoms with van der Waals surface area (Å²) in [4.78, 5) is 11.6. The van der Waals surface area contributed by atoms with Gasteiger partial charge in [-0.15, -0.1) is 0 Å². The predicted molar refractivity (Wildman–Crippen MR) is 91.4 cm³/mol. The van der Waals surface area contributed by atoms with Crippen molar-refractivity contribution in [3.05, 3.63) is 59.7 Å². The van der Waals surface area contributed by atoms with E-state index < -0.39 is 6.09 Å². The van der Waals surface area contributed by atoms with Gasteiger partial charge >= 0.3 is 6.09 Å². The molecule has 0 heterocycles. The molecule has 5 heteroatoms. The number of nitrogens with one attached hydrogen (secondary N) is 1. The van der Waals surface area contributed by atoms with Gasteiger partial charge in [0.15, 0.2) is 0 Å². The van der Waals surface area contributed by atoms with Crippen molar-refractivity contribution in [1.29, 1.82) is 0 Å². The molecule has 122 valence electrons. The molecule has 2 rings (SSSR count). The highest BCUT2D eigenvalue weighted by Gasteiger charge is 2.03. The van der Waals surface area contributed by atoms with Crippen LogP contribution < -0.4 is 11.1 Å². The number of nitrogen functional groups attached to an aromatic ring is 1. The summed E-state index contributed by atoms with van der Waals surface area (Å²) in [5.41, 5.74) is 9.45. The maximum absolute atomic E-state index is 11.6. The van der Waals surface area contributed by atoms with Gasteiger partial charge in [0.2, 0.25) is 0 Å². The highest BCUT2D eigenvalue weighted by atomic mass is 16.5. The number of rotatable bonds is 7. The Morgan fingerprint density at radius 3 is 2.22 bits per heavy atom. The van der Waals surface area contributed by atoms with E-state index in [4.69, 9.17) is 15.6 Å². The van der Waals surface area contributed by atoms with Crippen LogP contribution in [0.1, 0.15) is 24.0 Å². The number of amides is 1. The van der Waals surface area contributed by atoms with Crippen LogP contribution in [0.5, 0.6) is 0 Å². The van der Waals surface area contributed by atoms with E-state index in [1.807, 2.05) is 48.5 Å². The van der Waals surface area contributed by atoms with Gasteiger partial charge in [0, 0.05) is 18.0 Å². The number of hydrogen-bond donors (Lipinski definition) is 3. The van der Waals surface area contributed by atoms with Gasteiger partial charge in [-0.25, -0.2) is 4.79 Å². The van der Waals surface area contributed by atoms with E-state index >= 15 is 0 Å². The van der Waals surface area contributed by atoms with Crippen molar-refractivity contribution >= 4 is 17.5 Å². The lowest BCUT2D eigenvalue weighted by atomic mass is 10.0. The van der Waals surface area contributed by atoms with Gasteiger partial charge in [-0.1, -0.05) is 24.3 Å². The summed E-state index contributed by atoms with van der Waals surface area (Å²) in [5, 5.41) is 11.3. The molecule has 0 aromatic heterocycles. The molecule has 5 nitrogen and oxygen atoms in total. The summed E-state index contributed by atoms with van der Waals surface area (Å²) < 4.78 is 5.01. The van der Waals surface area contributed by atoms with Crippen LogP contribution >= 0.6 is 0 Å². The Morgan fingerprint density at radius 1 is 1.00 bits per heavy atom. The quantitative estimate of drug-likeness (QED) is 0.541. The molecule has 0 radical (unpaired) electrons. The lowest BCUT2D eigenvalue weighted by Crippen LogP contribution is -2.14. The summed E-state index contributed by atoms with van der Waals surface area (Å²) >= 11 is 0. The molecule has 0 bridgehead atoms. The highest BCUT2D eigenvalue weighted by Crippen LogP contribution is 2.15. The number of anilines is 2. The van der Waals surface area contributed by atoms with Crippen molar-refractivity contribution in [2.75, 3.05) is 24.3 Å². The summed E-state index contributed by atoms with van der Waals surface area (Å²) in [5.74, 6) is 0. The predicted octanol–water partition coefficient (Wildman–Crippen LogP) is 3.18. The molecule has 4 N–H and O–H groups in total. The van der Waals surface area contributed by atoms with Crippen LogP contribution in [0.3, 0.4) is 0 Å². The summed E-state index contributed by atoms with van der Waals surface area (Å²) in [6, 6.07) is 15.4. The molecule has 2 aromatic carbocycles. The number of benzene rings is 2. The molecule has 0 saturated heterocycles. The normalized spacial score (nSPS) is 10.3. The van der Waals surface area contributed by atoms with Crippen molar-refractivity contribution in [3.63, 3.8) is 0 Å². The number of carbonyl (C=O) groups excluding carboxylic acids is 1. The van der Waals surface area contributed by atoms with E-state index in [1.165, 1.54) is 5.56 Å². The Bertz CT molecular complexity index is 609. The topological polar surface area (TPSA) is 84.6 Å². The van der Waals surface area contributed by atoms with Crippen molar-refractivity contribution in [2.45, 2.75) is 19.3 Å². The molecule has 0 spiro atoms. The fourth-order valence-corrected chi connectivity index (χ4v) is 2.11. The maximum Gasteiger partial charge on any atom is 0.411 e. The molecule has 0 aliphatic carbocycles. The third kappa shape index (κ3) is 6.00. The molecule has 0 atom stereocenters. The van der Waals surface area contributed by atoms with Crippen molar-refractivity contribution < 1.29 is 14.6 Å². The number of hydrogen-bond acceptors (Lipinski definition) is 4. The van der Waals surface area contributed by atoms with Gasteiger partial charge in [0.25, 0.3) is 0 Å². The smallest absolute Gasteiger partial charge is 0.411 e. The molecular formula is C18H22N2O3. The first-order valence-corrected chi connectivity index (χ1v) is 7.65. The summed E-state index contributed by atoms with van der Waals surface area (Å²) in [6.07, 6.45) is 1.62. The summed E-state index contributed by atoms with van der Waals surface area (Å²) in [6.45, 7) is 0.419. The lowest BCUT2D eigenvalue weighted by Gasteiger charge is -2.08.